The van der Waals surface area contributed by atoms with E-state index in [1.54, 1.807) is 6.07 Å². The first kappa shape index (κ1) is 23.3. The second kappa shape index (κ2) is 10.3. The number of carbonyl (C=O) groups is 2. The molecule has 0 radical (unpaired) electrons. The second-order valence-corrected chi connectivity index (χ2v) is 7.76. The predicted molar refractivity (Wildman–Crippen MR) is 130 cm³/mol. The van der Waals surface area contributed by atoms with E-state index in [-0.39, 0.29) is 6.03 Å². The van der Waals surface area contributed by atoms with Gasteiger partial charge in [0.2, 0.25) is 0 Å². The van der Waals surface area contributed by atoms with E-state index in [4.69, 9.17) is 17.0 Å². The van der Waals surface area contributed by atoms with Crippen molar-refractivity contribution in [3.63, 3.8) is 0 Å². The molecule has 0 saturated carbocycles. The van der Waals surface area contributed by atoms with Crippen LogP contribution in [0.5, 0.6) is 0 Å². The molecule has 0 saturated heterocycles. The zero-order valence-corrected chi connectivity index (χ0v) is 19.5. The van der Waals surface area contributed by atoms with Gasteiger partial charge in [-0.25, -0.2) is 9.59 Å². The number of thiocarbonyl (C=S) groups is 1. The van der Waals surface area contributed by atoms with Crippen molar-refractivity contribution < 1.29 is 14.3 Å². The van der Waals surface area contributed by atoms with E-state index >= 15 is 0 Å². The van der Waals surface area contributed by atoms with Gasteiger partial charge in [0.05, 0.1) is 18.7 Å². The molecule has 2 aromatic carbocycles. The summed E-state index contributed by atoms with van der Waals surface area (Å²) in [5.74, 6) is -0.424. The Morgan fingerprint density at radius 2 is 1.78 bits per heavy atom. The maximum atomic E-state index is 12.6. The molecule has 0 fully saturated rings. The van der Waals surface area contributed by atoms with Gasteiger partial charge in [-0.3, -0.25) is 0 Å². The lowest BCUT2D eigenvalue weighted by atomic mass is 9.94. The maximum Gasteiger partial charge on any atom is 0.337 e. The molecule has 1 atom stereocenters. The second-order valence-electron chi connectivity index (χ2n) is 7.37. The third-order valence-electron chi connectivity index (χ3n) is 5.42. The molecule has 1 unspecified atom stereocenters. The monoisotopic (exact) mass is 452 g/mol. The fraction of sp³-hybridized carbons (Fsp3) is 0.292. The third kappa shape index (κ3) is 5.08. The Labute approximate surface area is 193 Å². The highest BCUT2D eigenvalue weighted by Crippen LogP contribution is 2.32. The number of urea groups is 1. The van der Waals surface area contributed by atoms with Gasteiger partial charge in [0, 0.05) is 23.6 Å². The van der Waals surface area contributed by atoms with Crippen molar-refractivity contribution in [3.8, 4) is 0 Å². The van der Waals surface area contributed by atoms with Crippen LogP contribution in [0.3, 0.4) is 0 Å². The zero-order chi connectivity index (χ0) is 23.3. The Morgan fingerprint density at radius 1 is 1.09 bits per heavy atom. The molecule has 0 aromatic heterocycles. The number of ether oxygens (including phenoxy) is 1. The summed E-state index contributed by atoms with van der Waals surface area (Å²) in [5.41, 5.74) is 4.53. The Morgan fingerprint density at radius 3 is 2.41 bits per heavy atom. The molecule has 3 N–H and O–H groups in total. The summed E-state index contributed by atoms with van der Waals surface area (Å²) in [7, 11) is 1.36. The lowest BCUT2D eigenvalue weighted by molar-refractivity contribution is -0.136. The molecule has 0 bridgehead atoms. The number of hydrogen-bond donors (Lipinski definition) is 3. The Hall–Kier alpha value is -3.39. The van der Waals surface area contributed by atoms with Crippen LogP contribution in [0.2, 0.25) is 0 Å². The van der Waals surface area contributed by atoms with Crippen LogP contribution in [0, 0.1) is 0 Å². The van der Waals surface area contributed by atoms with Crippen molar-refractivity contribution in [1.82, 2.24) is 10.2 Å². The summed E-state index contributed by atoms with van der Waals surface area (Å²) in [4.78, 5) is 26.9. The molecule has 168 valence electrons. The van der Waals surface area contributed by atoms with Crippen LogP contribution in [0.15, 0.2) is 59.8 Å². The standard InChI is InChI=1S/C24H28N4O3S/c1-5-16-10-12-18(13-11-16)25-23(30)26-19-9-7-8-17(14-19)21-20(22(29)31-4)15(3)28(6-2)24(32)27-21/h7-14,21H,5-6H2,1-4H3,(H,27,32)(H2,25,26,30). The van der Waals surface area contributed by atoms with Gasteiger partial charge in [0.15, 0.2) is 5.11 Å². The lowest BCUT2D eigenvalue weighted by Crippen LogP contribution is -2.47. The van der Waals surface area contributed by atoms with Gasteiger partial charge in [-0.05, 0) is 67.9 Å². The Kier molecular flexibility index (Phi) is 7.48. The number of rotatable bonds is 6. The van der Waals surface area contributed by atoms with Crippen LogP contribution in [0.4, 0.5) is 16.2 Å². The zero-order valence-electron chi connectivity index (χ0n) is 18.7. The first-order valence-electron chi connectivity index (χ1n) is 10.5. The highest BCUT2D eigenvalue weighted by Gasteiger charge is 2.34. The number of benzene rings is 2. The Balaban J connectivity index is 1.82. The number of allylic oxidation sites excluding steroid dienone is 1. The van der Waals surface area contributed by atoms with E-state index in [2.05, 4.69) is 22.9 Å². The molecule has 0 aliphatic carbocycles. The quantitative estimate of drug-likeness (QED) is 0.439. The van der Waals surface area contributed by atoms with E-state index in [0.29, 0.717) is 28.6 Å². The van der Waals surface area contributed by atoms with E-state index in [1.807, 2.05) is 61.2 Å². The normalized spacial score (nSPS) is 15.8. The number of amides is 2. The number of nitrogens with one attached hydrogen (secondary N) is 3. The van der Waals surface area contributed by atoms with Crippen molar-refractivity contribution in [2.75, 3.05) is 24.3 Å². The SMILES string of the molecule is CCc1ccc(NC(=O)Nc2cccc(C3NC(=S)N(CC)C(C)=C3C(=O)OC)c2)cc1. The highest BCUT2D eigenvalue weighted by molar-refractivity contribution is 7.80. The van der Waals surface area contributed by atoms with Crippen LogP contribution in [0.25, 0.3) is 0 Å². The number of nitrogens with zero attached hydrogens (tertiary/aromatic N) is 1. The van der Waals surface area contributed by atoms with Crippen LogP contribution in [-0.4, -0.2) is 35.7 Å². The minimum atomic E-state index is -0.482. The molecular formula is C24H28N4O3S. The van der Waals surface area contributed by atoms with Crippen molar-refractivity contribution in [3.05, 3.63) is 70.9 Å². The van der Waals surface area contributed by atoms with Crippen molar-refractivity contribution >= 4 is 40.7 Å². The van der Waals surface area contributed by atoms with Crippen molar-refractivity contribution in [2.45, 2.75) is 33.2 Å². The maximum absolute atomic E-state index is 12.6. The lowest BCUT2D eigenvalue weighted by Gasteiger charge is -2.37. The smallest absolute Gasteiger partial charge is 0.337 e. The summed E-state index contributed by atoms with van der Waals surface area (Å²) >= 11 is 5.50. The van der Waals surface area contributed by atoms with Crippen LogP contribution >= 0.6 is 12.2 Å². The number of carbonyl (C=O) groups excluding carboxylic acids is 2. The first-order chi connectivity index (χ1) is 15.4. The highest BCUT2D eigenvalue weighted by atomic mass is 32.1. The van der Waals surface area contributed by atoms with Gasteiger partial charge in [0.1, 0.15) is 0 Å². The molecule has 2 aromatic rings. The molecule has 32 heavy (non-hydrogen) atoms. The summed E-state index contributed by atoms with van der Waals surface area (Å²) in [6, 6.07) is 14.2. The Bertz CT molecular complexity index is 1050. The molecule has 8 heteroatoms. The number of anilines is 2. The van der Waals surface area contributed by atoms with Gasteiger partial charge in [0.25, 0.3) is 0 Å². The minimum absolute atomic E-state index is 0.351. The number of aryl methyl sites for hydroxylation is 1. The summed E-state index contributed by atoms with van der Waals surface area (Å²) in [5, 5.41) is 9.44. The number of hydrogen-bond acceptors (Lipinski definition) is 4. The van der Waals surface area contributed by atoms with Gasteiger partial charge < -0.3 is 25.6 Å². The summed E-state index contributed by atoms with van der Waals surface area (Å²) in [6.45, 7) is 6.53. The third-order valence-corrected chi connectivity index (χ3v) is 5.75. The summed E-state index contributed by atoms with van der Waals surface area (Å²) < 4.78 is 5.03. The van der Waals surface area contributed by atoms with Crippen molar-refractivity contribution in [1.29, 1.82) is 0 Å². The number of methoxy groups -OCH3 is 1. The van der Waals surface area contributed by atoms with E-state index < -0.39 is 12.0 Å². The molecule has 1 aliphatic heterocycles. The molecule has 2 amide bonds. The van der Waals surface area contributed by atoms with E-state index in [0.717, 1.165) is 17.7 Å². The molecule has 1 aliphatic rings. The van der Waals surface area contributed by atoms with Gasteiger partial charge in [-0.2, -0.15) is 0 Å². The van der Waals surface area contributed by atoms with Gasteiger partial charge in [-0.1, -0.05) is 31.2 Å². The molecular weight excluding hydrogens is 424 g/mol. The largest absolute Gasteiger partial charge is 0.466 e. The van der Waals surface area contributed by atoms with Crippen LogP contribution in [-0.2, 0) is 16.0 Å². The minimum Gasteiger partial charge on any atom is -0.466 e. The molecule has 1 heterocycles. The summed E-state index contributed by atoms with van der Waals surface area (Å²) in [6.07, 6.45) is 0.940. The van der Waals surface area contributed by atoms with Crippen molar-refractivity contribution in [2.24, 2.45) is 0 Å². The number of esters is 1. The first-order valence-corrected chi connectivity index (χ1v) is 10.9. The molecule has 0 spiro atoms. The fourth-order valence-electron chi connectivity index (χ4n) is 3.70. The molecule has 7 nitrogen and oxygen atoms in total. The van der Waals surface area contributed by atoms with Crippen LogP contribution < -0.4 is 16.0 Å². The predicted octanol–water partition coefficient (Wildman–Crippen LogP) is 4.59. The molecule has 3 rings (SSSR count). The van der Waals surface area contributed by atoms with E-state index in [1.165, 1.54) is 12.7 Å². The average Bonchev–Trinajstić information content (AvgIpc) is 2.79. The van der Waals surface area contributed by atoms with Gasteiger partial charge >= 0.3 is 12.0 Å². The van der Waals surface area contributed by atoms with Gasteiger partial charge in [-0.15, -0.1) is 0 Å². The topological polar surface area (TPSA) is 82.7 Å². The average molecular weight is 453 g/mol. The van der Waals surface area contributed by atoms with Crippen LogP contribution in [0.1, 0.15) is 37.9 Å². The fourth-order valence-corrected chi connectivity index (χ4v) is 4.08. The van der Waals surface area contributed by atoms with E-state index in [9.17, 15) is 9.59 Å².